The van der Waals surface area contributed by atoms with Crippen LogP contribution in [0.2, 0.25) is 0 Å². The number of hydrogen-bond donors (Lipinski definition) is 4. The highest BCUT2D eigenvalue weighted by molar-refractivity contribution is 7.86. The number of anilines is 3. The van der Waals surface area contributed by atoms with Crippen LogP contribution in [0.1, 0.15) is 42.2 Å². The molecule has 31 heavy (non-hydrogen) atoms. The third-order valence-electron chi connectivity index (χ3n) is 4.89. The zero-order chi connectivity index (χ0) is 22.5. The maximum absolute atomic E-state index is 13.2. The summed E-state index contributed by atoms with van der Waals surface area (Å²) in [6.07, 6.45) is 0. The summed E-state index contributed by atoms with van der Waals surface area (Å²) >= 11 is 0. The summed E-state index contributed by atoms with van der Waals surface area (Å²) in [5.74, 6) is -2.34. The van der Waals surface area contributed by atoms with Gasteiger partial charge in [0.2, 0.25) is 0 Å². The average Bonchev–Trinajstić information content (AvgIpc) is 2.72. The standard InChI is InChI=1S/C21H14N2O7S/c22-18-15(31(28,29)30)9-14(23-11-7-5-10(6-8-11)21(26)27)16-17(18)20(25)13-4-2-1-3-12(13)19(16)24/h1-9,23H,22H2,(H,26,27)(H,28,29,30). The molecule has 0 aromatic heterocycles. The Kier molecular flexibility index (Phi) is 4.60. The van der Waals surface area contributed by atoms with Gasteiger partial charge in [-0.3, -0.25) is 14.1 Å². The first-order valence-corrected chi connectivity index (χ1v) is 10.3. The summed E-state index contributed by atoms with van der Waals surface area (Å²) in [7, 11) is -4.82. The van der Waals surface area contributed by atoms with Gasteiger partial charge in [0.1, 0.15) is 4.90 Å². The van der Waals surface area contributed by atoms with Crippen LogP contribution in [0.3, 0.4) is 0 Å². The minimum atomic E-state index is -4.82. The van der Waals surface area contributed by atoms with Crippen molar-refractivity contribution in [2.24, 2.45) is 0 Å². The van der Waals surface area contributed by atoms with Gasteiger partial charge in [0, 0.05) is 16.8 Å². The highest BCUT2D eigenvalue weighted by Crippen LogP contribution is 2.40. The van der Waals surface area contributed by atoms with Crippen molar-refractivity contribution in [3.05, 3.63) is 82.4 Å². The fraction of sp³-hybridized carbons (Fsp3) is 0. The van der Waals surface area contributed by atoms with Crippen molar-refractivity contribution in [2.75, 3.05) is 11.1 Å². The monoisotopic (exact) mass is 438 g/mol. The molecule has 0 bridgehead atoms. The van der Waals surface area contributed by atoms with Crippen LogP contribution < -0.4 is 11.1 Å². The molecular weight excluding hydrogens is 424 g/mol. The molecule has 9 nitrogen and oxygen atoms in total. The van der Waals surface area contributed by atoms with Gasteiger partial charge in [0.05, 0.1) is 28.1 Å². The van der Waals surface area contributed by atoms with E-state index in [1.165, 1.54) is 36.4 Å². The molecule has 5 N–H and O–H groups in total. The first-order valence-electron chi connectivity index (χ1n) is 8.82. The molecule has 0 radical (unpaired) electrons. The molecule has 0 saturated carbocycles. The zero-order valence-electron chi connectivity index (χ0n) is 15.6. The largest absolute Gasteiger partial charge is 0.478 e. The molecule has 156 valence electrons. The minimum absolute atomic E-state index is 0.0173. The Bertz CT molecular complexity index is 1390. The Hall–Kier alpha value is -4.02. The van der Waals surface area contributed by atoms with Crippen molar-refractivity contribution in [2.45, 2.75) is 4.90 Å². The summed E-state index contributed by atoms with van der Waals surface area (Å²) < 4.78 is 33.4. The van der Waals surface area contributed by atoms with Crippen LogP contribution in [0.15, 0.2) is 59.5 Å². The Morgan fingerprint density at radius 1 is 0.903 bits per heavy atom. The number of aromatic carboxylic acids is 1. The normalized spacial score (nSPS) is 12.8. The minimum Gasteiger partial charge on any atom is -0.478 e. The lowest BCUT2D eigenvalue weighted by atomic mass is 9.82. The zero-order valence-corrected chi connectivity index (χ0v) is 16.4. The van der Waals surface area contributed by atoms with Crippen LogP contribution in [0.5, 0.6) is 0 Å². The van der Waals surface area contributed by atoms with Crippen LogP contribution in [0.4, 0.5) is 17.1 Å². The Balaban J connectivity index is 1.96. The van der Waals surface area contributed by atoms with Gasteiger partial charge in [0.15, 0.2) is 11.6 Å². The third kappa shape index (κ3) is 3.33. The number of carboxylic acids is 1. The Labute approximate surface area is 175 Å². The van der Waals surface area contributed by atoms with Crippen LogP contribution in [0.25, 0.3) is 0 Å². The van der Waals surface area contributed by atoms with E-state index in [1.807, 2.05) is 0 Å². The Morgan fingerprint density at radius 2 is 1.45 bits per heavy atom. The molecule has 0 fully saturated rings. The molecule has 0 spiro atoms. The van der Waals surface area contributed by atoms with Gasteiger partial charge in [-0.25, -0.2) is 4.79 Å². The second-order valence-corrected chi connectivity index (χ2v) is 8.16. The summed E-state index contributed by atoms with van der Waals surface area (Å²) in [6, 6.07) is 12.4. The lowest BCUT2D eigenvalue weighted by molar-refractivity contribution is 0.0696. The molecule has 4 rings (SSSR count). The molecule has 1 aliphatic rings. The maximum atomic E-state index is 13.2. The quantitative estimate of drug-likeness (QED) is 0.277. The third-order valence-corrected chi connectivity index (χ3v) is 5.78. The lowest BCUT2D eigenvalue weighted by Gasteiger charge is -2.23. The van der Waals surface area contributed by atoms with Crippen LogP contribution >= 0.6 is 0 Å². The number of nitrogens with two attached hydrogens (primary N) is 1. The van der Waals surface area contributed by atoms with Gasteiger partial charge < -0.3 is 16.2 Å². The fourth-order valence-corrected chi connectivity index (χ4v) is 4.10. The number of nitrogen functional groups attached to an aromatic ring is 1. The SMILES string of the molecule is Nc1c(S(=O)(=O)O)cc(Nc2ccc(C(=O)O)cc2)c2c1C(=O)c1ccccc1C2=O. The van der Waals surface area contributed by atoms with Crippen molar-refractivity contribution in [1.29, 1.82) is 0 Å². The van der Waals surface area contributed by atoms with Crippen molar-refractivity contribution in [1.82, 2.24) is 0 Å². The number of carbonyl (C=O) groups is 3. The predicted octanol–water partition coefficient (Wildman–Crippen LogP) is 2.73. The van der Waals surface area contributed by atoms with Crippen LogP contribution in [-0.4, -0.2) is 35.6 Å². The van der Waals surface area contributed by atoms with Crippen LogP contribution in [0, 0.1) is 0 Å². The molecule has 1 aliphatic carbocycles. The van der Waals surface area contributed by atoms with E-state index in [4.69, 9.17) is 10.8 Å². The maximum Gasteiger partial charge on any atom is 0.335 e. The number of fused-ring (bicyclic) bond motifs is 2. The van der Waals surface area contributed by atoms with Crippen molar-refractivity contribution < 1.29 is 32.5 Å². The second-order valence-electron chi connectivity index (χ2n) is 6.77. The number of rotatable bonds is 4. The van der Waals surface area contributed by atoms with E-state index in [1.54, 1.807) is 12.1 Å². The van der Waals surface area contributed by atoms with Gasteiger partial charge in [-0.15, -0.1) is 0 Å². The molecule has 0 amide bonds. The van der Waals surface area contributed by atoms with Crippen molar-refractivity contribution in [3.8, 4) is 0 Å². The molecule has 0 unspecified atom stereocenters. The summed E-state index contributed by atoms with van der Waals surface area (Å²) in [5.41, 5.74) is 5.36. The molecule has 3 aromatic carbocycles. The predicted molar refractivity (Wildman–Crippen MR) is 111 cm³/mol. The van der Waals surface area contributed by atoms with Crippen molar-refractivity contribution in [3.63, 3.8) is 0 Å². The molecule has 3 aromatic rings. The van der Waals surface area contributed by atoms with Crippen molar-refractivity contribution >= 4 is 44.7 Å². The Morgan fingerprint density at radius 3 is 1.97 bits per heavy atom. The lowest BCUT2D eigenvalue weighted by Crippen LogP contribution is -2.25. The van der Waals surface area contributed by atoms with Gasteiger partial charge in [0.25, 0.3) is 10.1 Å². The number of benzene rings is 3. The summed E-state index contributed by atoms with van der Waals surface area (Å²) in [6.45, 7) is 0. The first kappa shape index (κ1) is 20.3. The second kappa shape index (κ2) is 7.04. The highest BCUT2D eigenvalue weighted by Gasteiger charge is 2.36. The van der Waals surface area contributed by atoms with E-state index in [0.29, 0.717) is 5.69 Å². The van der Waals surface area contributed by atoms with E-state index in [9.17, 15) is 27.4 Å². The summed E-state index contributed by atoms with van der Waals surface area (Å²) in [5, 5.41) is 11.8. The van der Waals surface area contributed by atoms with Crippen LogP contribution in [-0.2, 0) is 10.1 Å². The topological polar surface area (TPSA) is 164 Å². The van der Waals surface area contributed by atoms with E-state index in [-0.39, 0.29) is 33.5 Å². The molecule has 10 heteroatoms. The van der Waals surface area contributed by atoms with Gasteiger partial charge >= 0.3 is 5.97 Å². The van der Waals surface area contributed by atoms with Gasteiger partial charge in [-0.05, 0) is 30.3 Å². The van der Waals surface area contributed by atoms with Gasteiger partial charge in [-0.2, -0.15) is 8.42 Å². The van der Waals surface area contributed by atoms with E-state index >= 15 is 0 Å². The summed E-state index contributed by atoms with van der Waals surface area (Å²) in [4.78, 5) is 36.6. The fourth-order valence-electron chi connectivity index (χ4n) is 3.46. The average molecular weight is 438 g/mol. The molecular formula is C21H14N2O7S. The number of nitrogens with one attached hydrogen (secondary N) is 1. The van der Waals surface area contributed by atoms with Gasteiger partial charge in [-0.1, -0.05) is 24.3 Å². The smallest absolute Gasteiger partial charge is 0.335 e. The number of carbonyl (C=O) groups excluding carboxylic acids is 2. The van der Waals surface area contributed by atoms with E-state index in [2.05, 4.69) is 5.32 Å². The molecule has 0 heterocycles. The molecule has 0 aliphatic heterocycles. The number of carboxylic acid groups (broad SMARTS) is 1. The molecule has 0 saturated heterocycles. The molecule has 0 atom stereocenters. The first-order chi connectivity index (χ1) is 14.6. The highest BCUT2D eigenvalue weighted by atomic mass is 32.2. The number of hydrogen-bond acceptors (Lipinski definition) is 7. The van der Waals surface area contributed by atoms with E-state index < -0.39 is 38.2 Å². The van der Waals surface area contributed by atoms with E-state index in [0.717, 1.165) is 6.07 Å². The number of ketones is 2.